The van der Waals surface area contributed by atoms with Gasteiger partial charge in [0.05, 0.1) is 4.92 Å². The van der Waals surface area contributed by atoms with Crippen LogP contribution in [0.15, 0.2) is 63.8 Å². The number of fused-ring (bicyclic) bond motifs is 1. The van der Waals surface area contributed by atoms with Crippen LogP contribution in [0.1, 0.15) is 11.1 Å². The number of nitrogens with one attached hydrogen (secondary N) is 1. The predicted molar refractivity (Wildman–Crippen MR) is 98.0 cm³/mol. The number of nitrogens with zero attached hydrogens (tertiary/aromatic N) is 1. The number of non-ortho nitro benzene ring substituents is 1. The van der Waals surface area contributed by atoms with E-state index >= 15 is 0 Å². The molecule has 0 saturated heterocycles. The van der Waals surface area contributed by atoms with Gasteiger partial charge in [0, 0.05) is 41.4 Å². The van der Waals surface area contributed by atoms with Crippen LogP contribution in [0.3, 0.4) is 0 Å². The summed E-state index contributed by atoms with van der Waals surface area (Å²) < 4.78 is 5.14. The van der Waals surface area contributed by atoms with Crippen molar-refractivity contribution in [1.82, 2.24) is 0 Å². The third-order valence-electron chi connectivity index (χ3n) is 3.73. The molecule has 1 amide bonds. The van der Waals surface area contributed by atoms with Crippen molar-refractivity contribution in [2.24, 2.45) is 0 Å². The molecule has 0 atom stereocenters. The number of nitro groups is 1. The zero-order valence-corrected chi connectivity index (χ0v) is 13.8. The van der Waals surface area contributed by atoms with Crippen LogP contribution in [0, 0.1) is 17.0 Å². The summed E-state index contributed by atoms with van der Waals surface area (Å²) in [6.07, 6.45) is 2.75. The summed E-state index contributed by atoms with van der Waals surface area (Å²) in [7, 11) is 0. The second kappa shape index (κ2) is 7.02. The van der Waals surface area contributed by atoms with E-state index in [0.717, 1.165) is 10.9 Å². The molecule has 7 nitrogen and oxygen atoms in total. The Bertz CT molecular complexity index is 1100. The smallest absolute Gasteiger partial charge is 0.336 e. The quantitative estimate of drug-likeness (QED) is 0.335. The number of aryl methyl sites for hydroxylation is 1. The lowest BCUT2D eigenvalue weighted by Gasteiger charge is -2.05. The lowest BCUT2D eigenvalue weighted by molar-refractivity contribution is -0.384. The fraction of sp³-hybridized carbons (Fsp3) is 0.0526. The van der Waals surface area contributed by atoms with Crippen molar-refractivity contribution in [3.8, 4) is 0 Å². The summed E-state index contributed by atoms with van der Waals surface area (Å²) in [5, 5.41) is 14.2. The van der Waals surface area contributed by atoms with Crippen LogP contribution in [-0.2, 0) is 4.79 Å². The van der Waals surface area contributed by atoms with Gasteiger partial charge in [0.15, 0.2) is 0 Å². The summed E-state index contributed by atoms with van der Waals surface area (Å²) in [4.78, 5) is 33.8. The maximum atomic E-state index is 12.1. The highest BCUT2D eigenvalue weighted by molar-refractivity contribution is 6.02. The minimum Gasteiger partial charge on any atom is -0.423 e. The Balaban J connectivity index is 1.77. The molecule has 0 unspecified atom stereocenters. The van der Waals surface area contributed by atoms with Crippen molar-refractivity contribution in [2.75, 3.05) is 5.32 Å². The summed E-state index contributed by atoms with van der Waals surface area (Å²) >= 11 is 0. The number of amides is 1. The van der Waals surface area contributed by atoms with E-state index in [1.165, 1.54) is 30.4 Å². The lowest BCUT2D eigenvalue weighted by Crippen LogP contribution is -2.08. The standard InChI is InChI=1S/C19H14N2O5/c1-12-9-19(23)26-17-11-14(6-7-16(12)17)20-18(22)8-5-13-3-2-4-15(10-13)21(24)25/h2-11H,1H3,(H,20,22)/b8-5+. The Labute approximate surface area is 147 Å². The molecule has 0 aliphatic carbocycles. The first-order valence-electron chi connectivity index (χ1n) is 7.70. The fourth-order valence-electron chi connectivity index (χ4n) is 2.50. The minimum atomic E-state index is -0.498. The third kappa shape index (κ3) is 3.84. The molecule has 1 aromatic heterocycles. The van der Waals surface area contributed by atoms with E-state index in [-0.39, 0.29) is 5.69 Å². The first-order chi connectivity index (χ1) is 12.4. The van der Waals surface area contributed by atoms with Crippen molar-refractivity contribution < 1.29 is 14.1 Å². The van der Waals surface area contributed by atoms with E-state index in [0.29, 0.717) is 16.8 Å². The molecule has 130 valence electrons. The van der Waals surface area contributed by atoms with Gasteiger partial charge in [-0.1, -0.05) is 12.1 Å². The highest BCUT2D eigenvalue weighted by Crippen LogP contribution is 2.21. The van der Waals surface area contributed by atoms with E-state index in [4.69, 9.17) is 4.42 Å². The van der Waals surface area contributed by atoms with Crippen LogP contribution in [0.5, 0.6) is 0 Å². The molecule has 2 aromatic carbocycles. The zero-order valence-electron chi connectivity index (χ0n) is 13.8. The van der Waals surface area contributed by atoms with Crippen LogP contribution in [0.2, 0.25) is 0 Å². The van der Waals surface area contributed by atoms with Gasteiger partial charge >= 0.3 is 5.63 Å². The predicted octanol–water partition coefficient (Wildman–Crippen LogP) is 3.66. The fourth-order valence-corrected chi connectivity index (χ4v) is 2.50. The summed E-state index contributed by atoms with van der Waals surface area (Å²) in [6, 6.07) is 12.4. The molecule has 0 saturated carbocycles. The molecule has 3 rings (SSSR count). The van der Waals surface area contributed by atoms with Gasteiger partial charge in [0.1, 0.15) is 5.58 Å². The Kier molecular flexibility index (Phi) is 4.62. The first kappa shape index (κ1) is 17.1. The van der Waals surface area contributed by atoms with Crippen LogP contribution in [0.4, 0.5) is 11.4 Å². The van der Waals surface area contributed by atoms with Gasteiger partial charge in [-0.25, -0.2) is 4.79 Å². The Morgan fingerprint density at radius 1 is 1.19 bits per heavy atom. The molecule has 0 radical (unpaired) electrons. The highest BCUT2D eigenvalue weighted by atomic mass is 16.6. The van der Waals surface area contributed by atoms with Gasteiger partial charge in [-0.3, -0.25) is 14.9 Å². The van der Waals surface area contributed by atoms with E-state index < -0.39 is 16.5 Å². The molecular formula is C19H14N2O5. The number of hydrogen-bond donors (Lipinski definition) is 1. The van der Waals surface area contributed by atoms with Crippen molar-refractivity contribution in [2.45, 2.75) is 6.92 Å². The van der Waals surface area contributed by atoms with Gasteiger partial charge in [-0.05, 0) is 36.3 Å². The number of carbonyl (C=O) groups is 1. The molecule has 0 fully saturated rings. The number of benzene rings is 2. The number of carbonyl (C=O) groups excluding carboxylic acids is 1. The molecule has 0 bridgehead atoms. The van der Waals surface area contributed by atoms with Gasteiger partial charge in [-0.15, -0.1) is 0 Å². The highest BCUT2D eigenvalue weighted by Gasteiger charge is 2.06. The molecule has 7 heteroatoms. The van der Waals surface area contributed by atoms with Crippen molar-refractivity contribution in [1.29, 1.82) is 0 Å². The zero-order chi connectivity index (χ0) is 18.7. The maximum Gasteiger partial charge on any atom is 0.336 e. The van der Waals surface area contributed by atoms with Gasteiger partial charge < -0.3 is 9.73 Å². The summed E-state index contributed by atoms with van der Waals surface area (Å²) in [5.74, 6) is -0.411. The topological polar surface area (TPSA) is 102 Å². The van der Waals surface area contributed by atoms with Gasteiger partial charge in [0.2, 0.25) is 5.91 Å². The maximum absolute atomic E-state index is 12.1. The number of rotatable bonds is 4. The molecule has 1 heterocycles. The van der Waals surface area contributed by atoms with Crippen molar-refractivity contribution >= 4 is 34.3 Å². The molecular weight excluding hydrogens is 336 g/mol. The largest absolute Gasteiger partial charge is 0.423 e. The molecule has 1 N–H and O–H groups in total. The molecule has 0 spiro atoms. The van der Waals surface area contributed by atoms with Gasteiger partial charge in [0.25, 0.3) is 5.69 Å². The van der Waals surface area contributed by atoms with E-state index in [1.807, 2.05) is 0 Å². The Morgan fingerprint density at radius 3 is 2.77 bits per heavy atom. The number of hydrogen-bond acceptors (Lipinski definition) is 5. The van der Waals surface area contributed by atoms with Crippen LogP contribution < -0.4 is 10.9 Å². The number of anilines is 1. The second-order valence-corrected chi connectivity index (χ2v) is 5.63. The van der Waals surface area contributed by atoms with Crippen molar-refractivity contribution in [3.63, 3.8) is 0 Å². The van der Waals surface area contributed by atoms with E-state index in [1.54, 1.807) is 37.3 Å². The third-order valence-corrected chi connectivity index (χ3v) is 3.73. The number of nitro benzene ring substituents is 1. The van der Waals surface area contributed by atoms with Gasteiger partial charge in [-0.2, -0.15) is 0 Å². The molecule has 0 aliphatic heterocycles. The van der Waals surface area contributed by atoms with Crippen LogP contribution in [0.25, 0.3) is 17.0 Å². The Morgan fingerprint density at radius 2 is 2.00 bits per heavy atom. The minimum absolute atomic E-state index is 0.0486. The molecule has 26 heavy (non-hydrogen) atoms. The lowest BCUT2D eigenvalue weighted by atomic mass is 10.1. The first-order valence-corrected chi connectivity index (χ1v) is 7.70. The van der Waals surface area contributed by atoms with E-state index in [9.17, 15) is 19.7 Å². The average molecular weight is 350 g/mol. The average Bonchev–Trinajstić information content (AvgIpc) is 2.59. The monoisotopic (exact) mass is 350 g/mol. The summed E-state index contributed by atoms with van der Waals surface area (Å²) in [6.45, 7) is 1.80. The van der Waals surface area contributed by atoms with Crippen LogP contribution in [-0.4, -0.2) is 10.8 Å². The molecule has 0 aliphatic rings. The second-order valence-electron chi connectivity index (χ2n) is 5.63. The molecule has 3 aromatic rings. The SMILES string of the molecule is Cc1cc(=O)oc2cc(NC(=O)/C=C/c3cccc([N+](=O)[O-])c3)ccc12. The van der Waals surface area contributed by atoms with Crippen molar-refractivity contribution in [3.05, 3.63) is 86.3 Å². The summed E-state index contributed by atoms with van der Waals surface area (Å²) in [5.41, 5.74) is 1.68. The van der Waals surface area contributed by atoms with Crippen LogP contribution >= 0.6 is 0 Å². The Hall–Kier alpha value is -3.74. The van der Waals surface area contributed by atoms with E-state index in [2.05, 4.69) is 5.32 Å². The normalized spacial score (nSPS) is 11.0.